The van der Waals surface area contributed by atoms with Gasteiger partial charge in [-0.2, -0.15) is 0 Å². The SMILES string of the molecule is CCc1cccc(OC(C)=O)c1F. The molecule has 1 aromatic carbocycles. The Labute approximate surface area is 76.3 Å². The molecule has 0 amide bonds. The maximum atomic E-state index is 13.4. The van der Waals surface area contributed by atoms with Crippen LogP contribution in [-0.4, -0.2) is 5.97 Å². The number of hydrogen-bond donors (Lipinski definition) is 0. The molecule has 0 aliphatic rings. The van der Waals surface area contributed by atoms with Gasteiger partial charge in [0.25, 0.3) is 0 Å². The Morgan fingerprint density at radius 2 is 2.23 bits per heavy atom. The Balaban J connectivity index is 3.01. The molecule has 0 heterocycles. The summed E-state index contributed by atoms with van der Waals surface area (Å²) >= 11 is 0. The molecule has 1 rings (SSSR count). The molecule has 2 nitrogen and oxygen atoms in total. The highest BCUT2D eigenvalue weighted by Gasteiger charge is 2.08. The summed E-state index contributed by atoms with van der Waals surface area (Å²) in [5.74, 6) is -0.945. The zero-order chi connectivity index (χ0) is 9.84. The van der Waals surface area contributed by atoms with Gasteiger partial charge in [0.15, 0.2) is 11.6 Å². The van der Waals surface area contributed by atoms with Crippen molar-refractivity contribution in [2.24, 2.45) is 0 Å². The topological polar surface area (TPSA) is 26.3 Å². The highest BCUT2D eigenvalue weighted by molar-refractivity contribution is 5.69. The molecule has 0 aliphatic heterocycles. The normalized spacial score (nSPS) is 9.77. The Hall–Kier alpha value is -1.38. The van der Waals surface area contributed by atoms with Gasteiger partial charge in [-0.3, -0.25) is 4.79 Å². The van der Waals surface area contributed by atoms with Crippen LogP contribution in [0.1, 0.15) is 19.4 Å². The second kappa shape index (κ2) is 4.03. The van der Waals surface area contributed by atoms with Gasteiger partial charge in [-0.1, -0.05) is 19.1 Å². The molecular weight excluding hydrogens is 171 g/mol. The lowest BCUT2D eigenvalue weighted by Crippen LogP contribution is -2.04. The second-order valence-corrected chi connectivity index (χ2v) is 2.68. The van der Waals surface area contributed by atoms with Gasteiger partial charge in [0, 0.05) is 6.92 Å². The first kappa shape index (κ1) is 9.71. The predicted molar refractivity (Wildman–Crippen MR) is 47.1 cm³/mol. The van der Waals surface area contributed by atoms with Crippen LogP contribution in [0.2, 0.25) is 0 Å². The van der Waals surface area contributed by atoms with Crippen LogP contribution in [0.4, 0.5) is 4.39 Å². The first-order valence-corrected chi connectivity index (χ1v) is 4.11. The van der Waals surface area contributed by atoms with E-state index < -0.39 is 11.8 Å². The number of carbonyl (C=O) groups excluding carboxylic acids is 1. The number of aryl methyl sites for hydroxylation is 1. The minimum absolute atomic E-state index is 0.00634. The van der Waals surface area contributed by atoms with Crippen LogP contribution < -0.4 is 4.74 Å². The van der Waals surface area contributed by atoms with Crippen molar-refractivity contribution >= 4 is 5.97 Å². The summed E-state index contributed by atoms with van der Waals surface area (Å²) < 4.78 is 18.0. The van der Waals surface area contributed by atoms with Crippen LogP contribution in [0, 0.1) is 5.82 Å². The van der Waals surface area contributed by atoms with E-state index in [1.54, 1.807) is 12.1 Å². The van der Waals surface area contributed by atoms with E-state index in [9.17, 15) is 9.18 Å². The molecular formula is C10H11FO2. The van der Waals surface area contributed by atoms with E-state index in [-0.39, 0.29) is 5.75 Å². The number of ether oxygens (including phenoxy) is 1. The molecule has 0 N–H and O–H groups in total. The Kier molecular flexibility index (Phi) is 3.01. The van der Waals surface area contributed by atoms with Gasteiger partial charge >= 0.3 is 5.97 Å². The lowest BCUT2D eigenvalue weighted by Gasteiger charge is -2.05. The zero-order valence-electron chi connectivity index (χ0n) is 7.63. The average Bonchev–Trinajstić information content (AvgIpc) is 2.08. The first-order chi connectivity index (χ1) is 6.15. The first-order valence-electron chi connectivity index (χ1n) is 4.11. The monoisotopic (exact) mass is 182 g/mol. The molecule has 0 bridgehead atoms. The van der Waals surface area contributed by atoms with E-state index in [1.807, 2.05) is 6.92 Å². The summed E-state index contributed by atoms with van der Waals surface area (Å²) in [5, 5.41) is 0. The van der Waals surface area contributed by atoms with Gasteiger partial charge in [-0.05, 0) is 18.1 Å². The summed E-state index contributed by atoms with van der Waals surface area (Å²) in [4.78, 5) is 10.6. The fraction of sp³-hybridized carbons (Fsp3) is 0.300. The third kappa shape index (κ3) is 2.28. The van der Waals surface area contributed by atoms with Crippen molar-refractivity contribution in [2.45, 2.75) is 20.3 Å². The van der Waals surface area contributed by atoms with Crippen molar-refractivity contribution in [3.8, 4) is 5.75 Å². The van der Waals surface area contributed by atoms with Crippen molar-refractivity contribution in [3.63, 3.8) is 0 Å². The predicted octanol–water partition coefficient (Wildman–Crippen LogP) is 2.31. The molecule has 13 heavy (non-hydrogen) atoms. The number of carbonyl (C=O) groups is 1. The van der Waals surface area contributed by atoms with E-state index in [0.717, 1.165) is 0 Å². The summed E-state index contributed by atoms with van der Waals surface area (Å²) in [6.07, 6.45) is 0.584. The summed E-state index contributed by atoms with van der Waals surface area (Å²) in [6.45, 7) is 3.09. The van der Waals surface area contributed by atoms with Crippen LogP contribution >= 0.6 is 0 Å². The molecule has 1 aromatic rings. The van der Waals surface area contributed by atoms with Gasteiger partial charge in [0.1, 0.15) is 0 Å². The van der Waals surface area contributed by atoms with E-state index in [1.165, 1.54) is 13.0 Å². The molecule has 0 aliphatic carbocycles. The van der Waals surface area contributed by atoms with Gasteiger partial charge in [0.2, 0.25) is 0 Å². The van der Waals surface area contributed by atoms with Gasteiger partial charge in [0.05, 0.1) is 0 Å². The average molecular weight is 182 g/mol. The minimum atomic E-state index is -0.507. The Morgan fingerprint density at radius 3 is 2.77 bits per heavy atom. The fourth-order valence-electron chi connectivity index (χ4n) is 1.06. The highest BCUT2D eigenvalue weighted by atomic mass is 19.1. The largest absolute Gasteiger partial charge is 0.424 e. The molecule has 3 heteroatoms. The second-order valence-electron chi connectivity index (χ2n) is 2.68. The molecule has 0 saturated carbocycles. The minimum Gasteiger partial charge on any atom is -0.424 e. The number of rotatable bonds is 2. The molecule has 0 unspecified atom stereocenters. The van der Waals surface area contributed by atoms with Crippen molar-refractivity contribution < 1.29 is 13.9 Å². The van der Waals surface area contributed by atoms with Crippen molar-refractivity contribution in [1.82, 2.24) is 0 Å². The maximum absolute atomic E-state index is 13.4. The van der Waals surface area contributed by atoms with Crippen LogP contribution in [-0.2, 0) is 11.2 Å². The van der Waals surface area contributed by atoms with Gasteiger partial charge in [-0.25, -0.2) is 4.39 Å². The molecule has 0 spiro atoms. The number of esters is 1. The quantitative estimate of drug-likeness (QED) is 0.518. The van der Waals surface area contributed by atoms with Crippen LogP contribution in [0.5, 0.6) is 5.75 Å². The van der Waals surface area contributed by atoms with E-state index >= 15 is 0 Å². The zero-order valence-corrected chi connectivity index (χ0v) is 7.63. The van der Waals surface area contributed by atoms with E-state index in [4.69, 9.17) is 0 Å². The third-order valence-corrected chi connectivity index (χ3v) is 1.68. The third-order valence-electron chi connectivity index (χ3n) is 1.68. The Bertz CT molecular complexity index is 321. The van der Waals surface area contributed by atoms with Crippen molar-refractivity contribution in [1.29, 1.82) is 0 Å². The molecule has 0 radical (unpaired) electrons. The summed E-state index contributed by atoms with van der Waals surface area (Å²) in [5.41, 5.74) is 0.554. The standard InChI is InChI=1S/C10H11FO2/c1-3-8-5-4-6-9(10(8)11)13-7(2)12/h4-6H,3H2,1-2H3. The van der Waals surface area contributed by atoms with Crippen LogP contribution in [0.15, 0.2) is 18.2 Å². The molecule has 0 saturated heterocycles. The molecule has 70 valence electrons. The molecule has 0 fully saturated rings. The number of benzene rings is 1. The number of halogens is 1. The summed E-state index contributed by atoms with van der Waals surface area (Å²) in [6, 6.07) is 4.78. The highest BCUT2D eigenvalue weighted by Crippen LogP contribution is 2.20. The Morgan fingerprint density at radius 1 is 1.54 bits per heavy atom. The maximum Gasteiger partial charge on any atom is 0.308 e. The van der Waals surface area contributed by atoms with Crippen LogP contribution in [0.3, 0.4) is 0 Å². The fourth-order valence-corrected chi connectivity index (χ4v) is 1.06. The lowest BCUT2D eigenvalue weighted by molar-refractivity contribution is -0.132. The molecule has 0 atom stereocenters. The van der Waals surface area contributed by atoms with Crippen molar-refractivity contribution in [2.75, 3.05) is 0 Å². The van der Waals surface area contributed by atoms with Gasteiger partial charge < -0.3 is 4.74 Å². The van der Waals surface area contributed by atoms with E-state index in [2.05, 4.69) is 4.74 Å². The lowest BCUT2D eigenvalue weighted by atomic mass is 10.1. The smallest absolute Gasteiger partial charge is 0.308 e. The van der Waals surface area contributed by atoms with Crippen LogP contribution in [0.25, 0.3) is 0 Å². The van der Waals surface area contributed by atoms with Gasteiger partial charge in [-0.15, -0.1) is 0 Å². The van der Waals surface area contributed by atoms with E-state index in [0.29, 0.717) is 12.0 Å². The molecule has 0 aromatic heterocycles. The van der Waals surface area contributed by atoms with Crippen molar-refractivity contribution in [3.05, 3.63) is 29.6 Å². The summed E-state index contributed by atoms with van der Waals surface area (Å²) in [7, 11) is 0. The number of hydrogen-bond acceptors (Lipinski definition) is 2.